The summed E-state index contributed by atoms with van der Waals surface area (Å²) in [6, 6.07) is -0.175. The van der Waals surface area contributed by atoms with Crippen molar-refractivity contribution in [1.29, 1.82) is 0 Å². The van der Waals surface area contributed by atoms with E-state index in [0.717, 1.165) is 19.4 Å². The van der Waals surface area contributed by atoms with E-state index < -0.39 is 5.97 Å². The molecule has 0 bridgehead atoms. The maximum atomic E-state index is 12.3. The highest BCUT2D eigenvalue weighted by molar-refractivity contribution is 5.80. The zero-order valence-electron chi connectivity index (χ0n) is 12.6. The number of carbonyl (C=O) groups is 2. The van der Waals surface area contributed by atoms with Crippen LogP contribution in [0.1, 0.15) is 26.7 Å². The van der Waals surface area contributed by atoms with E-state index in [1.165, 1.54) is 4.90 Å². The van der Waals surface area contributed by atoms with Crippen molar-refractivity contribution in [3.05, 3.63) is 0 Å². The van der Waals surface area contributed by atoms with Gasteiger partial charge in [0.05, 0.1) is 0 Å². The van der Waals surface area contributed by atoms with Gasteiger partial charge < -0.3 is 19.8 Å². The number of amides is 2. The number of nitrogens with zero attached hydrogens (tertiary/aromatic N) is 3. The van der Waals surface area contributed by atoms with E-state index in [1.54, 1.807) is 4.90 Å². The van der Waals surface area contributed by atoms with Crippen LogP contribution < -0.4 is 0 Å². The predicted molar refractivity (Wildman–Crippen MR) is 75.3 cm³/mol. The Balaban J connectivity index is 4.45. The minimum absolute atomic E-state index is 0.175. The fraction of sp³-hybridized carbons (Fsp3) is 0.846. The van der Waals surface area contributed by atoms with Crippen LogP contribution in [0.3, 0.4) is 0 Å². The number of hydrogen-bond donors (Lipinski definition) is 1. The smallest absolute Gasteiger partial charge is 0.323 e. The molecule has 0 aliphatic heterocycles. The Morgan fingerprint density at radius 1 is 1.00 bits per heavy atom. The van der Waals surface area contributed by atoms with Gasteiger partial charge in [0.1, 0.15) is 6.54 Å². The van der Waals surface area contributed by atoms with E-state index in [9.17, 15) is 9.59 Å². The molecule has 6 nitrogen and oxygen atoms in total. The monoisotopic (exact) mass is 273 g/mol. The van der Waals surface area contributed by atoms with Crippen molar-refractivity contribution in [2.45, 2.75) is 26.7 Å². The minimum Gasteiger partial charge on any atom is -0.480 e. The van der Waals surface area contributed by atoms with Crippen molar-refractivity contribution in [2.24, 2.45) is 0 Å². The molecule has 6 heteroatoms. The number of hydrogen-bond acceptors (Lipinski definition) is 3. The van der Waals surface area contributed by atoms with Gasteiger partial charge in [0, 0.05) is 19.6 Å². The van der Waals surface area contributed by atoms with Crippen molar-refractivity contribution < 1.29 is 14.7 Å². The van der Waals surface area contributed by atoms with Crippen LogP contribution in [0, 0.1) is 0 Å². The first-order valence-electron chi connectivity index (χ1n) is 6.82. The van der Waals surface area contributed by atoms with Crippen molar-refractivity contribution in [3.8, 4) is 0 Å². The third-order valence-electron chi connectivity index (χ3n) is 2.78. The summed E-state index contributed by atoms with van der Waals surface area (Å²) in [6.07, 6.45) is 1.65. The Morgan fingerprint density at radius 2 is 1.63 bits per heavy atom. The third kappa shape index (κ3) is 7.66. The number of aliphatic carboxylic acids is 1. The molecule has 0 aliphatic carbocycles. The average Bonchev–Trinajstić information content (AvgIpc) is 2.32. The zero-order valence-corrected chi connectivity index (χ0v) is 12.6. The lowest BCUT2D eigenvalue weighted by molar-refractivity contribution is -0.137. The molecule has 0 heterocycles. The number of carboxylic acid groups (broad SMARTS) is 1. The molecule has 0 saturated heterocycles. The molecule has 0 unspecified atom stereocenters. The third-order valence-corrected chi connectivity index (χ3v) is 2.78. The summed E-state index contributed by atoms with van der Waals surface area (Å²) >= 11 is 0. The number of carbonyl (C=O) groups excluding carboxylic acids is 1. The highest BCUT2D eigenvalue weighted by Gasteiger charge is 2.20. The molecule has 1 N–H and O–H groups in total. The predicted octanol–water partition coefficient (Wildman–Crippen LogP) is 1.18. The maximum absolute atomic E-state index is 12.3. The molecule has 0 fully saturated rings. The van der Waals surface area contributed by atoms with Crippen molar-refractivity contribution >= 4 is 12.0 Å². The molecule has 2 amide bonds. The Kier molecular flexibility index (Phi) is 8.95. The average molecular weight is 273 g/mol. The lowest BCUT2D eigenvalue weighted by Crippen LogP contribution is -2.46. The molecule has 0 spiro atoms. The van der Waals surface area contributed by atoms with Gasteiger partial charge in [0.2, 0.25) is 0 Å². The van der Waals surface area contributed by atoms with E-state index in [0.29, 0.717) is 19.6 Å². The molecule has 0 saturated carbocycles. The fourth-order valence-electron chi connectivity index (χ4n) is 1.84. The Hall–Kier alpha value is -1.30. The summed E-state index contributed by atoms with van der Waals surface area (Å²) in [5, 5.41) is 8.84. The number of rotatable bonds is 9. The van der Waals surface area contributed by atoms with Crippen LogP contribution >= 0.6 is 0 Å². The van der Waals surface area contributed by atoms with Gasteiger partial charge in [-0.05, 0) is 40.4 Å². The normalized spacial score (nSPS) is 10.6. The lowest BCUT2D eigenvalue weighted by Gasteiger charge is -2.29. The minimum atomic E-state index is -0.967. The van der Waals surface area contributed by atoms with E-state index >= 15 is 0 Å². The highest BCUT2D eigenvalue weighted by atomic mass is 16.4. The molecule has 112 valence electrons. The summed E-state index contributed by atoms with van der Waals surface area (Å²) in [4.78, 5) is 28.2. The molecule has 0 atom stereocenters. The summed E-state index contributed by atoms with van der Waals surface area (Å²) in [5.41, 5.74) is 0. The second kappa shape index (κ2) is 9.61. The van der Waals surface area contributed by atoms with Crippen LogP contribution in [0.15, 0.2) is 0 Å². The van der Waals surface area contributed by atoms with Gasteiger partial charge >= 0.3 is 12.0 Å². The number of carboxylic acids is 1. The van der Waals surface area contributed by atoms with Gasteiger partial charge in [0.15, 0.2) is 0 Å². The van der Waals surface area contributed by atoms with E-state index in [2.05, 4.69) is 4.90 Å². The largest absolute Gasteiger partial charge is 0.480 e. The fourth-order valence-corrected chi connectivity index (χ4v) is 1.84. The van der Waals surface area contributed by atoms with E-state index in [1.807, 2.05) is 27.9 Å². The second-order valence-electron chi connectivity index (χ2n) is 4.83. The molecule has 0 aromatic carbocycles. The first-order chi connectivity index (χ1) is 8.92. The topological polar surface area (TPSA) is 64.1 Å². The summed E-state index contributed by atoms with van der Waals surface area (Å²) < 4.78 is 0. The van der Waals surface area contributed by atoms with Crippen LogP contribution in [0.25, 0.3) is 0 Å². The van der Waals surface area contributed by atoms with Gasteiger partial charge in [-0.2, -0.15) is 0 Å². The van der Waals surface area contributed by atoms with Gasteiger partial charge in [-0.3, -0.25) is 4.79 Å². The molecule has 0 aromatic heterocycles. The van der Waals surface area contributed by atoms with Gasteiger partial charge in [-0.25, -0.2) is 4.79 Å². The molecular weight excluding hydrogens is 246 g/mol. The van der Waals surface area contributed by atoms with Gasteiger partial charge in [-0.1, -0.05) is 6.92 Å². The molecule has 19 heavy (non-hydrogen) atoms. The second-order valence-corrected chi connectivity index (χ2v) is 4.83. The molecule has 0 aliphatic rings. The summed E-state index contributed by atoms with van der Waals surface area (Å²) in [7, 11) is 3.98. The van der Waals surface area contributed by atoms with Crippen molar-refractivity contribution in [2.75, 3.05) is 46.8 Å². The van der Waals surface area contributed by atoms with Crippen LogP contribution in [-0.2, 0) is 4.79 Å². The molecule has 0 aromatic rings. The Morgan fingerprint density at radius 3 is 2.05 bits per heavy atom. The van der Waals surface area contributed by atoms with Crippen LogP contribution in [0.5, 0.6) is 0 Å². The van der Waals surface area contributed by atoms with Crippen LogP contribution in [-0.4, -0.2) is 78.6 Å². The van der Waals surface area contributed by atoms with E-state index in [-0.39, 0.29) is 12.6 Å². The SMILES string of the molecule is CCCN(CC(=O)O)C(=O)N(CC)CCCN(C)C. The molecule has 0 rings (SSSR count). The van der Waals surface area contributed by atoms with Gasteiger partial charge in [0.25, 0.3) is 0 Å². The first-order valence-corrected chi connectivity index (χ1v) is 6.82. The van der Waals surface area contributed by atoms with Crippen molar-refractivity contribution in [3.63, 3.8) is 0 Å². The quantitative estimate of drug-likeness (QED) is 0.685. The van der Waals surface area contributed by atoms with Crippen molar-refractivity contribution in [1.82, 2.24) is 14.7 Å². The first kappa shape index (κ1) is 17.7. The highest BCUT2D eigenvalue weighted by Crippen LogP contribution is 2.02. The standard InChI is InChI=1S/C13H27N3O3/c1-5-8-16(11-12(17)18)13(19)15(6-2)10-7-9-14(3)4/h5-11H2,1-4H3,(H,17,18). The molecule has 0 radical (unpaired) electrons. The Bertz CT molecular complexity index is 282. The summed E-state index contributed by atoms with van der Waals surface area (Å²) in [6.45, 7) is 6.28. The zero-order chi connectivity index (χ0) is 14.8. The Labute approximate surface area is 116 Å². The van der Waals surface area contributed by atoms with E-state index in [4.69, 9.17) is 5.11 Å². The maximum Gasteiger partial charge on any atom is 0.323 e. The van der Waals surface area contributed by atoms with Gasteiger partial charge in [-0.15, -0.1) is 0 Å². The van der Waals surface area contributed by atoms with Crippen LogP contribution in [0.4, 0.5) is 4.79 Å². The summed E-state index contributed by atoms with van der Waals surface area (Å²) in [5.74, 6) is -0.967. The molecular formula is C13H27N3O3. The lowest BCUT2D eigenvalue weighted by atomic mass is 10.3. The van der Waals surface area contributed by atoms with Crippen LogP contribution in [0.2, 0.25) is 0 Å². The number of urea groups is 1.